The molecule has 1 N–H and O–H groups in total. The van der Waals surface area contributed by atoms with Crippen LogP contribution >= 0.6 is 0 Å². The highest BCUT2D eigenvalue weighted by Crippen LogP contribution is 2.18. The Kier molecular flexibility index (Phi) is 5.60. The van der Waals surface area contributed by atoms with Gasteiger partial charge in [-0.2, -0.15) is 0 Å². The molecule has 18 heavy (non-hydrogen) atoms. The molecule has 1 unspecified atom stereocenters. The maximum Gasteiger partial charge on any atom is 0.239 e. The summed E-state index contributed by atoms with van der Waals surface area (Å²) in [6.45, 7) is 7.68. The normalized spacial score (nSPS) is 19.8. The predicted molar refractivity (Wildman–Crippen MR) is 73.4 cm³/mol. The number of aliphatic hydroxyl groups is 1. The first-order valence-electron chi connectivity index (χ1n) is 7.03. The number of likely N-dealkylation sites (N-methyl/N-ethyl adjacent to an activating group) is 1. The van der Waals surface area contributed by atoms with Gasteiger partial charge in [-0.05, 0) is 40.7 Å². The first-order valence-corrected chi connectivity index (χ1v) is 7.03. The molecule has 1 atom stereocenters. The van der Waals surface area contributed by atoms with Gasteiger partial charge >= 0.3 is 0 Å². The third-order valence-corrected chi connectivity index (χ3v) is 4.20. The van der Waals surface area contributed by atoms with Gasteiger partial charge in [-0.25, -0.2) is 0 Å². The van der Waals surface area contributed by atoms with E-state index in [1.807, 2.05) is 37.6 Å². The molecule has 1 amide bonds. The summed E-state index contributed by atoms with van der Waals surface area (Å²) in [6.07, 6.45) is 4.70. The van der Waals surface area contributed by atoms with E-state index in [0.29, 0.717) is 0 Å². The van der Waals surface area contributed by atoms with Crippen LogP contribution in [-0.2, 0) is 4.79 Å². The van der Waals surface area contributed by atoms with Crippen molar-refractivity contribution in [2.45, 2.75) is 58.0 Å². The lowest BCUT2D eigenvalue weighted by Gasteiger charge is -2.39. The van der Waals surface area contributed by atoms with Crippen molar-refractivity contribution >= 4 is 5.91 Å². The summed E-state index contributed by atoms with van der Waals surface area (Å²) >= 11 is 0. The maximum absolute atomic E-state index is 12.5. The van der Waals surface area contributed by atoms with Gasteiger partial charge < -0.3 is 10.0 Å². The Morgan fingerprint density at radius 2 is 1.78 bits per heavy atom. The summed E-state index contributed by atoms with van der Waals surface area (Å²) in [5.41, 5.74) is -0.360. The Morgan fingerprint density at radius 3 is 2.22 bits per heavy atom. The minimum absolute atomic E-state index is 0.0567. The molecule has 0 saturated carbocycles. The van der Waals surface area contributed by atoms with E-state index < -0.39 is 0 Å². The van der Waals surface area contributed by atoms with E-state index in [4.69, 9.17) is 0 Å². The quantitative estimate of drug-likeness (QED) is 0.828. The number of carbonyl (C=O) groups excluding carboxylic acids is 1. The fourth-order valence-electron chi connectivity index (χ4n) is 2.36. The van der Waals surface area contributed by atoms with Gasteiger partial charge in [0.15, 0.2) is 0 Å². The summed E-state index contributed by atoms with van der Waals surface area (Å²) in [6, 6.07) is -0.176. The van der Waals surface area contributed by atoms with Crippen molar-refractivity contribution in [3.05, 3.63) is 0 Å². The third kappa shape index (κ3) is 3.69. The Bertz CT molecular complexity index is 271. The number of likely N-dealkylation sites (tertiary alicyclic amines) is 1. The van der Waals surface area contributed by atoms with E-state index in [2.05, 4.69) is 0 Å². The lowest BCUT2D eigenvalue weighted by Crippen LogP contribution is -2.55. The molecule has 1 aliphatic rings. The number of aliphatic hydroxyl groups excluding tert-OH is 1. The van der Waals surface area contributed by atoms with Crippen molar-refractivity contribution in [3.8, 4) is 0 Å². The fourth-order valence-corrected chi connectivity index (χ4v) is 2.36. The summed E-state index contributed by atoms with van der Waals surface area (Å²) in [5.74, 6) is 0.195. The molecular formula is C14H28N2O2. The second-order valence-electron chi connectivity index (χ2n) is 6.00. The number of amides is 1. The van der Waals surface area contributed by atoms with Crippen molar-refractivity contribution in [3.63, 3.8) is 0 Å². The third-order valence-electron chi connectivity index (χ3n) is 4.20. The van der Waals surface area contributed by atoms with Crippen molar-refractivity contribution < 1.29 is 9.90 Å². The van der Waals surface area contributed by atoms with Crippen molar-refractivity contribution in [1.82, 2.24) is 9.80 Å². The average Bonchev–Trinajstić information content (AvgIpc) is 2.64. The highest BCUT2D eigenvalue weighted by Gasteiger charge is 2.32. The highest BCUT2D eigenvalue weighted by atomic mass is 16.3. The van der Waals surface area contributed by atoms with Gasteiger partial charge in [-0.3, -0.25) is 9.69 Å². The smallest absolute Gasteiger partial charge is 0.239 e. The van der Waals surface area contributed by atoms with E-state index in [9.17, 15) is 9.90 Å². The number of rotatable bonds is 4. The molecule has 106 valence electrons. The van der Waals surface area contributed by atoms with Crippen molar-refractivity contribution in [1.29, 1.82) is 0 Å². The van der Waals surface area contributed by atoms with Crippen LogP contribution < -0.4 is 0 Å². The number of hydrogen-bond donors (Lipinski definition) is 1. The van der Waals surface area contributed by atoms with Crippen LogP contribution in [0, 0.1) is 0 Å². The monoisotopic (exact) mass is 256 g/mol. The standard InChI is InChI=1S/C14H28N2O2/c1-12(15(4)14(2,3)11-17)13(18)16-9-7-5-6-8-10-16/h12,17H,5-11H2,1-4H3. The minimum Gasteiger partial charge on any atom is -0.394 e. The highest BCUT2D eigenvalue weighted by molar-refractivity contribution is 5.81. The zero-order valence-electron chi connectivity index (χ0n) is 12.3. The zero-order valence-corrected chi connectivity index (χ0v) is 12.3. The van der Waals surface area contributed by atoms with E-state index in [-0.39, 0.29) is 24.1 Å². The van der Waals surface area contributed by atoms with Crippen LogP contribution in [0.2, 0.25) is 0 Å². The Hall–Kier alpha value is -0.610. The van der Waals surface area contributed by atoms with Crippen molar-refractivity contribution in [2.75, 3.05) is 26.7 Å². The van der Waals surface area contributed by atoms with Gasteiger partial charge in [0.25, 0.3) is 0 Å². The lowest BCUT2D eigenvalue weighted by molar-refractivity contribution is -0.138. The largest absolute Gasteiger partial charge is 0.394 e. The van der Waals surface area contributed by atoms with Crippen LogP contribution in [0.1, 0.15) is 46.5 Å². The summed E-state index contributed by atoms with van der Waals surface area (Å²) < 4.78 is 0. The zero-order chi connectivity index (χ0) is 13.8. The van der Waals surface area contributed by atoms with Crippen LogP contribution in [0.25, 0.3) is 0 Å². The van der Waals surface area contributed by atoms with Crippen LogP contribution in [0.15, 0.2) is 0 Å². The van der Waals surface area contributed by atoms with Gasteiger partial charge in [0.2, 0.25) is 5.91 Å². The van der Waals surface area contributed by atoms with Crippen LogP contribution in [0.5, 0.6) is 0 Å². The molecule has 1 heterocycles. The molecule has 0 aliphatic carbocycles. The molecule has 4 nitrogen and oxygen atoms in total. The Labute approximate surface area is 111 Å². The second-order valence-corrected chi connectivity index (χ2v) is 6.00. The molecule has 0 radical (unpaired) electrons. The molecule has 0 bridgehead atoms. The molecule has 0 aromatic heterocycles. The topological polar surface area (TPSA) is 43.8 Å². The van der Waals surface area contributed by atoms with Gasteiger partial charge in [-0.15, -0.1) is 0 Å². The van der Waals surface area contributed by atoms with E-state index in [1.165, 1.54) is 12.8 Å². The molecule has 0 aromatic rings. The van der Waals surface area contributed by atoms with Crippen LogP contribution in [0.4, 0.5) is 0 Å². The number of hydrogen-bond acceptors (Lipinski definition) is 3. The number of carbonyl (C=O) groups is 1. The Morgan fingerprint density at radius 1 is 1.28 bits per heavy atom. The first kappa shape index (κ1) is 15.4. The number of nitrogens with zero attached hydrogens (tertiary/aromatic N) is 2. The van der Waals surface area contributed by atoms with E-state index >= 15 is 0 Å². The molecule has 1 saturated heterocycles. The summed E-state index contributed by atoms with van der Waals surface area (Å²) in [5, 5.41) is 9.38. The predicted octanol–water partition coefficient (Wildman–Crippen LogP) is 1.48. The Balaban J connectivity index is 2.64. The molecular weight excluding hydrogens is 228 g/mol. The van der Waals surface area contributed by atoms with E-state index in [1.54, 1.807) is 0 Å². The van der Waals surface area contributed by atoms with Gasteiger partial charge in [0, 0.05) is 18.6 Å². The van der Waals surface area contributed by atoms with Crippen molar-refractivity contribution in [2.24, 2.45) is 0 Å². The second kappa shape index (κ2) is 6.53. The SMILES string of the molecule is CC(C(=O)N1CCCCCC1)N(C)C(C)(C)CO. The molecule has 1 aliphatic heterocycles. The maximum atomic E-state index is 12.5. The van der Waals surface area contributed by atoms with Gasteiger partial charge in [-0.1, -0.05) is 12.8 Å². The van der Waals surface area contributed by atoms with Gasteiger partial charge in [0.1, 0.15) is 0 Å². The average molecular weight is 256 g/mol. The molecule has 4 heteroatoms. The van der Waals surface area contributed by atoms with E-state index in [0.717, 1.165) is 25.9 Å². The lowest BCUT2D eigenvalue weighted by atomic mass is 10.0. The minimum atomic E-state index is -0.360. The van der Waals surface area contributed by atoms with Crippen LogP contribution in [-0.4, -0.2) is 59.1 Å². The first-order chi connectivity index (χ1) is 8.40. The summed E-state index contributed by atoms with van der Waals surface area (Å²) in [7, 11) is 1.91. The molecule has 0 spiro atoms. The molecule has 0 aromatic carbocycles. The fraction of sp³-hybridized carbons (Fsp3) is 0.929. The molecule has 1 fully saturated rings. The molecule has 1 rings (SSSR count). The van der Waals surface area contributed by atoms with Crippen LogP contribution in [0.3, 0.4) is 0 Å². The van der Waals surface area contributed by atoms with Gasteiger partial charge in [0.05, 0.1) is 12.6 Å². The summed E-state index contributed by atoms with van der Waals surface area (Å²) in [4.78, 5) is 16.4.